The average molecular weight is 262 g/mol. The van der Waals surface area contributed by atoms with Gasteiger partial charge in [-0.2, -0.15) is 0 Å². The molecule has 104 valence electrons. The molecule has 0 bridgehead atoms. The zero-order valence-corrected chi connectivity index (χ0v) is 11.9. The second-order valence-electron chi connectivity index (χ2n) is 5.32. The summed E-state index contributed by atoms with van der Waals surface area (Å²) in [5.74, 6) is 0.0423. The molecule has 0 radical (unpaired) electrons. The number of nitrogens with two attached hydrogens (primary N) is 1. The summed E-state index contributed by atoms with van der Waals surface area (Å²) in [6.07, 6.45) is 1.59. The average Bonchev–Trinajstić information content (AvgIpc) is 2.41. The number of nitrogen functional groups attached to an aromatic ring is 1. The fourth-order valence-corrected chi connectivity index (χ4v) is 2.38. The number of aromatic nitrogens is 1. The normalized spacial score (nSPS) is 16.9. The number of carbonyl (C=O) groups excluding carboxylic acids is 1. The van der Waals surface area contributed by atoms with E-state index in [4.69, 9.17) is 5.73 Å². The number of aryl methyl sites for hydroxylation is 1. The molecule has 2 heterocycles. The van der Waals surface area contributed by atoms with Crippen LogP contribution in [0.25, 0.3) is 0 Å². The number of rotatable bonds is 2. The maximum atomic E-state index is 12.5. The van der Waals surface area contributed by atoms with E-state index in [1.54, 1.807) is 12.3 Å². The molecule has 19 heavy (non-hydrogen) atoms. The lowest BCUT2D eigenvalue weighted by Gasteiger charge is -2.37. The van der Waals surface area contributed by atoms with Gasteiger partial charge in [0.25, 0.3) is 5.91 Å². The van der Waals surface area contributed by atoms with E-state index in [9.17, 15) is 4.79 Å². The summed E-state index contributed by atoms with van der Waals surface area (Å²) in [6.45, 7) is 9.61. The largest absolute Gasteiger partial charge is 0.397 e. The standard InChI is InChI=1S/C14H22N4O/c1-10(2)17-4-6-18(7-5-17)14(19)13-8-12(15)9-16-11(13)3/h8-10H,4-7,15H2,1-3H3. The predicted molar refractivity (Wildman–Crippen MR) is 76.0 cm³/mol. The van der Waals surface area contributed by atoms with Gasteiger partial charge >= 0.3 is 0 Å². The second kappa shape index (κ2) is 5.57. The van der Waals surface area contributed by atoms with Gasteiger partial charge in [-0.25, -0.2) is 0 Å². The Morgan fingerprint density at radius 1 is 1.32 bits per heavy atom. The second-order valence-corrected chi connectivity index (χ2v) is 5.32. The van der Waals surface area contributed by atoms with Crippen molar-refractivity contribution in [3.63, 3.8) is 0 Å². The Kier molecular flexibility index (Phi) is 4.04. The molecule has 0 unspecified atom stereocenters. The minimum absolute atomic E-state index is 0.0423. The molecule has 1 saturated heterocycles. The summed E-state index contributed by atoms with van der Waals surface area (Å²) in [5.41, 5.74) is 7.62. The Balaban J connectivity index is 2.07. The molecule has 5 nitrogen and oxygen atoms in total. The summed E-state index contributed by atoms with van der Waals surface area (Å²) in [5, 5.41) is 0. The van der Waals surface area contributed by atoms with E-state index < -0.39 is 0 Å². The predicted octanol–water partition coefficient (Wildman–Crippen LogP) is 1.14. The molecular formula is C14H22N4O. The first-order valence-electron chi connectivity index (χ1n) is 6.74. The summed E-state index contributed by atoms with van der Waals surface area (Å²) >= 11 is 0. The molecule has 5 heteroatoms. The Hall–Kier alpha value is -1.62. The Morgan fingerprint density at radius 3 is 2.53 bits per heavy atom. The van der Waals surface area contributed by atoms with Crippen LogP contribution in [-0.4, -0.2) is 52.9 Å². The van der Waals surface area contributed by atoms with Crippen LogP contribution in [0.2, 0.25) is 0 Å². The van der Waals surface area contributed by atoms with Crippen molar-refractivity contribution in [1.29, 1.82) is 0 Å². The summed E-state index contributed by atoms with van der Waals surface area (Å²) in [7, 11) is 0. The minimum Gasteiger partial charge on any atom is -0.397 e. The van der Waals surface area contributed by atoms with Crippen LogP contribution in [0, 0.1) is 6.92 Å². The van der Waals surface area contributed by atoms with Gasteiger partial charge in [-0.1, -0.05) is 0 Å². The zero-order valence-electron chi connectivity index (χ0n) is 11.9. The van der Waals surface area contributed by atoms with Gasteiger partial charge < -0.3 is 10.6 Å². The molecule has 0 aromatic carbocycles. The molecule has 1 aromatic rings. The van der Waals surface area contributed by atoms with E-state index >= 15 is 0 Å². The number of pyridine rings is 1. The summed E-state index contributed by atoms with van der Waals surface area (Å²) in [6, 6.07) is 2.26. The Bertz CT molecular complexity index is 465. The summed E-state index contributed by atoms with van der Waals surface area (Å²) < 4.78 is 0. The fraction of sp³-hybridized carbons (Fsp3) is 0.571. The van der Waals surface area contributed by atoms with E-state index in [2.05, 4.69) is 23.7 Å². The van der Waals surface area contributed by atoms with Crippen LogP contribution in [-0.2, 0) is 0 Å². The highest BCUT2D eigenvalue weighted by Crippen LogP contribution is 2.14. The van der Waals surface area contributed by atoms with Crippen molar-refractivity contribution in [1.82, 2.24) is 14.8 Å². The molecule has 0 saturated carbocycles. The maximum absolute atomic E-state index is 12.5. The number of hydrogen-bond acceptors (Lipinski definition) is 4. The van der Waals surface area contributed by atoms with Crippen LogP contribution in [0.3, 0.4) is 0 Å². The molecule has 1 aliphatic rings. The first-order valence-corrected chi connectivity index (χ1v) is 6.74. The van der Waals surface area contributed by atoms with Gasteiger partial charge in [-0.3, -0.25) is 14.7 Å². The number of carbonyl (C=O) groups is 1. The molecule has 0 aliphatic carbocycles. The van der Waals surface area contributed by atoms with E-state index in [-0.39, 0.29) is 5.91 Å². The highest BCUT2D eigenvalue weighted by atomic mass is 16.2. The van der Waals surface area contributed by atoms with E-state index in [1.807, 2.05) is 11.8 Å². The number of amides is 1. The van der Waals surface area contributed by atoms with Gasteiger partial charge in [0.05, 0.1) is 23.1 Å². The van der Waals surface area contributed by atoms with E-state index in [0.29, 0.717) is 17.3 Å². The Morgan fingerprint density at radius 2 is 1.95 bits per heavy atom. The van der Waals surface area contributed by atoms with Gasteiger partial charge in [0.1, 0.15) is 0 Å². The van der Waals surface area contributed by atoms with Crippen molar-refractivity contribution >= 4 is 11.6 Å². The molecule has 2 N–H and O–H groups in total. The van der Waals surface area contributed by atoms with Crippen molar-refractivity contribution in [2.75, 3.05) is 31.9 Å². The van der Waals surface area contributed by atoms with E-state index in [0.717, 1.165) is 31.9 Å². The van der Waals surface area contributed by atoms with Crippen molar-refractivity contribution in [2.24, 2.45) is 0 Å². The van der Waals surface area contributed by atoms with Gasteiger partial charge in [-0.05, 0) is 26.8 Å². The van der Waals surface area contributed by atoms with Gasteiger partial charge in [0.2, 0.25) is 0 Å². The monoisotopic (exact) mass is 262 g/mol. The Labute approximate surface area is 114 Å². The van der Waals surface area contributed by atoms with Crippen LogP contribution in [0.5, 0.6) is 0 Å². The van der Waals surface area contributed by atoms with Crippen molar-refractivity contribution < 1.29 is 4.79 Å². The van der Waals surface area contributed by atoms with Gasteiger partial charge in [-0.15, -0.1) is 0 Å². The van der Waals surface area contributed by atoms with Crippen molar-refractivity contribution in [3.05, 3.63) is 23.5 Å². The maximum Gasteiger partial charge on any atom is 0.255 e. The number of piperazine rings is 1. The van der Waals surface area contributed by atoms with Gasteiger partial charge in [0.15, 0.2) is 0 Å². The molecule has 1 fully saturated rings. The molecule has 1 aromatic heterocycles. The van der Waals surface area contributed by atoms with Crippen LogP contribution in [0.15, 0.2) is 12.3 Å². The zero-order chi connectivity index (χ0) is 14.0. The SMILES string of the molecule is Cc1ncc(N)cc1C(=O)N1CCN(C(C)C)CC1. The third-order valence-corrected chi connectivity index (χ3v) is 3.67. The third kappa shape index (κ3) is 3.04. The quantitative estimate of drug-likeness (QED) is 0.868. The molecule has 1 aliphatic heterocycles. The molecule has 0 atom stereocenters. The van der Waals surface area contributed by atoms with Crippen LogP contribution in [0.1, 0.15) is 29.9 Å². The minimum atomic E-state index is 0.0423. The van der Waals surface area contributed by atoms with Crippen LogP contribution in [0.4, 0.5) is 5.69 Å². The van der Waals surface area contributed by atoms with Crippen molar-refractivity contribution in [3.8, 4) is 0 Å². The smallest absolute Gasteiger partial charge is 0.255 e. The molecule has 2 rings (SSSR count). The lowest BCUT2D eigenvalue weighted by atomic mass is 10.1. The first kappa shape index (κ1) is 13.8. The lowest BCUT2D eigenvalue weighted by molar-refractivity contribution is 0.0594. The molecule has 1 amide bonds. The topological polar surface area (TPSA) is 62.5 Å². The van der Waals surface area contributed by atoms with Crippen molar-refractivity contribution in [2.45, 2.75) is 26.8 Å². The van der Waals surface area contributed by atoms with E-state index in [1.165, 1.54) is 0 Å². The van der Waals surface area contributed by atoms with Gasteiger partial charge in [0, 0.05) is 32.2 Å². The lowest BCUT2D eigenvalue weighted by Crippen LogP contribution is -2.50. The first-order chi connectivity index (χ1) is 8.99. The van der Waals surface area contributed by atoms with Crippen LogP contribution < -0.4 is 5.73 Å². The highest BCUT2D eigenvalue weighted by molar-refractivity contribution is 5.96. The fourth-order valence-electron chi connectivity index (χ4n) is 2.38. The van der Waals surface area contributed by atoms with Crippen LogP contribution >= 0.6 is 0 Å². The highest BCUT2D eigenvalue weighted by Gasteiger charge is 2.24. The number of nitrogens with zero attached hydrogens (tertiary/aromatic N) is 3. The number of anilines is 1. The molecule has 0 spiro atoms. The third-order valence-electron chi connectivity index (χ3n) is 3.67. The summed E-state index contributed by atoms with van der Waals surface area (Å²) in [4.78, 5) is 20.9. The number of hydrogen-bond donors (Lipinski definition) is 1. The molecular weight excluding hydrogens is 240 g/mol.